The van der Waals surface area contributed by atoms with Crippen LogP contribution in [0.15, 0.2) is 30.3 Å². The first-order valence-electron chi connectivity index (χ1n) is 13.6. The highest BCUT2D eigenvalue weighted by Gasteiger charge is 2.53. The molecule has 5 aliphatic rings. The second-order valence-electron chi connectivity index (χ2n) is 11.7. The number of carbonyl (C=O) groups excluding carboxylic acids is 2. The number of esters is 1. The Bertz CT molecular complexity index is 1090. The first-order valence-corrected chi connectivity index (χ1v) is 13.6. The number of carbonyl (C=O) groups is 2. The summed E-state index contributed by atoms with van der Waals surface area (Å²) in [5.74, 6) is 2.08. The number of ether oxygens (including phenoxy) is 1. The van der Waals surface area contributed by atoms with Crippen molar-refractivity contribution in [3.63, 3.8) is 0 Å². The van der Waals surface area contributed by atoms with E-state index >= 15 is 0 Å². The Morgan fingerprint density at radius 1 is 1.11 bits per heavy atom. The van der Waals surface area contributed by atoms with Crippen LogP contribution in [0.1, 0.15) is 80.5 Å². The Hall–Kier alpha value is -2.63. The summed E-state index contributed by atoms with van der Waals surface area (Å²) in [4.78, 5) is 26.5. The fourth-order valence-electron chi connectivity index (χ4n) is 8.15. The number of fused-ring (bicyclic) bond motifs is 1. The van der Waals surface area contributed by atoms with Crippen molar-refractivity contribution in [2.75, 3.05) is 6.61 Å². The van der Waals surface area contributed by atoms with E-state index in [1.807, 2.05) is 37.3 Å². The molecule has 0 spiro atoms. The number of amides is 1. The van der Waals surface area contributed by atoms with E-state index in [-0.39, 0.29) is 29.3 Å². The summed E-state index contributed by atoms with van der Waals surface area (Å²) in [7, 11) is 0. The topological polar surface area (TPSA) is 73.2 Å². The smallest absolute Gasteiger partial charge is 0.309 e. The molecule has 4 fully saturated rings. The zero-order valence-corrected chi connectivity index (χ0v) is 21.0. The average Bonchev–Trinajstić information content (AvgIpc) is 3.23. The lowest BCUT2D eigenvalue weighted by Gasteiger charge is -2.59. The number of rotatable bonds is 6. The van der Waals surface area contributed by atoms with Gasteiger partial charge >= 0.3 is 5.97 Å². The van der Waals surface area contributed by atoms with Crippen LogP contribution in [0.2, 0.25) is 0 Å². The maximum absolute atomic E-state index is 14.0. The van der Waals surface area contributed by atoms with Gasteiger partial charge in [-0.3, -0.25) is 9.59 Å². The number of hydrogen-bond acceptors (Lipinski definition) is 4. The van der Waals surface area contributed by atoms with Gasteiger partial charge in [0.05, 0.1) is 23.9 Å². The number of aromatic nitrogens is 2. The van der Waals surface area contributed by atoms with Gasteiger partial charge in [0.25, 0.3) is 5.91 Å². The van der Waals surface area contributed by atoms with Crippen LogP contribution < -0.4 is 5.32 Å². The molecule has 1 aromatic carbocycles. The molecule has 6 nitrogen and oxygen atoms in total. The molecule has 4 saturated carbocycles. The van der Waals surface area contributed by atoms with Crippen LogP contribution >= 0.6 is 0 Å². The minimum absolute atomic E-state index is 0.0599. The van der Waals surface area contributed by atoms with Crippen LogP contribution in [0, 0.1) is 29.1 Å². The van der Waals surface area contributed by atoms with Gasteiger partial charge in [0.1, 0.15) is 5.69 Å². The van der Waals surface area contributed by atoms with Gasteiger partial charge in [-0.25, -0.2) is 4.68 Å². The van der Waals surface area contributed by atoms with Crippen LogP contribution in [-0.4, -0.2) is 34.3 Å². The van der Waals surface area contributed by atoms with E-state index < -0.39 is 0 Å². The fraction of sp³-hybridized carbons (Fsp3) is 0.621. The molecule has 1 heterocycles. The molecule has 1 aromatic heterocycles. The summed E-state index contributed by atoms with van der Waals surface area (Å²) in [6, 6.07) is 10.0. The van der Waals surface area contributed by atoms with Gasteiger partial charge in [-0.15, -0.1) is 0 Å². The van der Waals surface area contributed by atoms with Crippen LogP contribution in [0.3, 0.4) is 0 Å². The molecule has 5 aliphatic carbocycles. The second kappa shape index (κ2) is 8.79. The monoisotopic (exact) mass is 475 g/mol. The minimum Gasteiger partial charge on any atom is -0.466 e. The quantitative estimate of drug-likeness (QED) is 0.605. The predicted octanol–water partition coefficient (Wildman–Crippen LogP) is 4.88. The summed E-state index contributed by atoms with van der Waals surface area (Å²) >= 11 is 0. The van der Waals surface area contributed by atoms with Crippen LogP contribution in [0.4, 0.5) is 0 Å². The Morgan fingerprint density at radius 2 is 1.77 bits per heavy atom. The van der Waals surface area contributed by atoms with Crippen molar-refractivity contribution in [2.24, 2.45) is 29.1 Å². The SMILES string of the molecule is CCOC(=O)C1CCc2nn(-c3ccccc3)c(C(=O)NC(C)C34CC5CC(CC(C5)C3)C4)c2C1. The number of hydrogen-bond donors (Lipinski definition) is 1. The normalized spacial score (nSPS) is 31.6. The Labute approximate surface area is 207 Å². The molecule has 186 valence electrons. The lowest BCUT2D eigenvalue weighted by atomic mass is 9.48. The molecule has 2 aromatic rings. The van der Waals surface area contributed by atoms with Crippen molar-refractivity contribution in [2.45, 2.75) is 77.7 Å². The lowest BCUT2D eigenvalue weighted by molar-refractivity contribution is -0.148. The minimum atomic E-state index is -0.219. The lowest BCUT2D eigenvalue weighted by Crippen LogP contribution is -2.56. The van der Waals surface area contributed by atoms with Crippen molar-refractivity contribution in [3.8, 4) is 5.69 Å². The number of benzene rings is 1. The Morgan fingerprint density at radius 3 is 2.40 bits per heavy atom. The number of aryl methyl sites for hydroxylation is 1. The molecule has 0 aliphatic heterocycles. The average molecular weight is 476 g/mol. The first kappa shape index (κ1) is 22.8. The summed E-state index contributed by atoms with van der Waals surface area (Å²) in [6.07, 6.45) is 9.84. The first-order chi connectivity index (χ1) is 17.0. The van der Waals surface area contributed by atoms with Crippen molar-refractivity contribution in [1.29, 1.82) is 0 Å². The van der Waals surface area contributed by atoms with Gasteiger partial charge in [-0.2, -0.15) is 5.10 Å². The number of nitrogens with one attached hydrogen (secondary N) is 1. The van der Waals surface area contributed by atoms with Gasteiger partial charge in [0, 0.05) is 11.6 Å². The number of para-hydroxylation sites is 1. The van der Waals surface area contributed by atoms with Gasteiger partial charge in [-0.1, -0.05) is 18.2 Å². The van der Waals surface area contributed by atoms with Crippen LogP contribution in [-0.2, 0) is 22.4 Å². The van der Waals surface area contributed by atoms with E-state index in [9.17, 15) is 9.59 Å². The largest absolute Gasteiger partial charge is 0.466 e. The number of nitrogens with zero attached hydrogens (tertiary/aromatic N) is 2. The van der Waals surface area contributed by atoms with E-state index in [0.29, 0.717) is 31.6 Å². The highest BCUT2D eigenvalue weighted by atomic mass is 16.5. The van der Waals surface area contributed by atoms with Crippen molar-refractivity contribution in [3.05, 3.63) is 47.3 Å². The molecule has 0 radical (unpaired) electrons. The van der Waals surface area contributed by atoms with E-state index in [0.717, 1.165) is 34.7 Å². The Balaban J connectivity index is 1.31. The fourth-order valence-corrected chi connectivity index (χ4v) is 8.15. The van der Waals surface area contributed by atoms with Gasteiger partial charge < -0.3 is 10.1 Å². The van der Waals surface area contributed by atoms with E-state index in [4.69, 9.17) is 9.84 Å². The molecule has 1 amide bonds. The molecule has 2 atom stereocenters. The van der Waals surface area contributed by atoms with Crippen molar-refractivity contribution < 1.29 is 14.3 Å². The molecule has 4 bridgehead atoms. The standard InChI is InChI=1S/C29H37N3O3/c1-3-35-28(34)22-9-10-25-24(14-22)26(32(31-25)23-7-5-4-6-8-23)27(33)30-18(2)29-15-19-11-20(16-29)13-21(12-19)17-29/h4-8,18-22H,3,9-17H2,1-2H3,(H,30,33). The molecule has 0 saturated heterocycles. The molecule has 7 rings (SSSR count). The summed E-state index contributed by atoms with van der Waals surface area (Å²) in [5.41, 5.74) is 3.55. The Kier molecular flexibility index (Phi) is 5.73. The maximum Gasteiger partial charge on any atom is 0.309 e. The highest BCUT2D eigenvalue weighted by molar-refractivity contribution is 5.95. The third kappa shape index (κ3) is 3.99. The molecular formula is C29H37N3O3. The van der Waals surface area contributed by atoms with E-state index in [1.54, 1.807) is 4.68 Å². The zero-order chi connectivity index (χ0) is 24.2. The maximum atomic E-state index is 14.0. The molecule has 1 N–H and O–H groups in total. The van der Waals surface area contributed by atoms with Gasteiger partial charge in [-0.05, 0) is 107 Å². The van der Waals surface area contributed by atoms with E-state index in [1.165, 1.54) is 38.5 Å². The van der Waals surface area contributed by atoms with Gasteiger partial charge in [0.15, 0.2) is 0 Å². The summed E-state index contributed by atoms with van der Waals surface area (Å²) in [5, 5.41) is 8.34. The predicted molar refractivity (Wildman–Crippen MR) is 133 cm³/mol. The zero-order valence-electron chi connectivity index (χ0n) is 21.0. The molecule has 35 heavy (non-hydrogen) atoms. The molecule has 2 unspecified atom stereocenters. The van der Waals surface area contributed by atoms with Crippen LogP contribution in [0.5, 0.6) is 0 Å². The van der Waals surface area contributed by atoms with Crippen molar-refractivity contribution in [1.82, 2.24) is 15.1 Å². The second-order valence-corrected chi connectivity index (χ2v) is 11.7. The molecular weight excluding hydrogens is 438 g/mol. The van der Waals surface area contributed by atoms with Crippen LogP contribution in [0.25, 0.3) is 5.69 Å². The third-order valence-electron chi connectivity index (χ3n) is 9.43. The van der Waals surface area contributed by atoms with Crippen molar-refractivity contribution >= 4 is 11.9 Å². The van der Waals surface area contributed by atoms with E-state index in [2.05, 4.69) is 12.2 Å². The summed E-state index contributed by atoms with van der Waals surface area (Å²) < 4.78 is 7.13. The molecule has 6 heteroatoms. The third-order valence-corrected chi connectivity index (χ3v) is 9.43. The highest BCUT2D eigenvalue weighted by Crippen LogP contribution is 2.61. The van der Waals surface area contributed by atoms with Gasteiger partial charge in [0.2, 0.25) is 0 Å². The summed E-state index contributed by atoms with van der Waals surface area (Å²) in [6.45, 7) is 4.44.